The van der Waals surface area contributed by atoms with Crippen LogP contribution < -0.4 is 5.32 Å². The highest BCUT2D eigenvalue weighted by Crippen LogP contribution is 2.24. The van der Waals surface area contributed by atoms with E-state index in [4.69, 9.17) is 11.6 Å². The van der Waals surface area contributed by atoms with Crippen molar-refractivity contribution in [2.75, 3.05) is 26.2 Å². The normalized spacial score (nSPS) is 22.0. The van der Waals surface area contributed by atoms with Gasteiger partial charge in [-0.05, 0) is 62.0 Å². The zero-order chi connectivity index (χ0) is 18.6. The third kappa shape index (κ3) is 6.59. The van der Waals surface area contributed by atoms with Gasteiger partial charge >= 0.3 is 0 Å². The number of piperidine rings is 1. The Hall–Kier alpha value is -1.13. The summed E-state index contributed by atoms with van der Waals surface area (Å²) in [6.45, 7) is 11.2. The second-order valence-electron chi connectivity index (χ2n) is 8.40. The summed E-state index contributed by atoms with van der Waals surface area (Å²) in [6.07, 6.45) is 0.949. The average Bonchev–Trinajstić information content (AvgIpc) is 2.50. The third-order valence-electron chi connectivity index (χ3n) is 4.77. The van der Waals surface area contributed by atoms with Crippen LogP contribution in [0.3, 0.4) is 0 Å². The summed E-state index contributed by atoms with van der Waals surface area (Å²) in [7, 11) is 0. The van der Waals surface area contributed by atoms with E-state index >= 15 is 0 Å². The number of hydrogen-bond donors (Lipinski definition) is 1. The second kappa shape index (κ2) is 8.50. The Kier molecular flexibility index (Phi) is 6.86. The first-order valence-corrected chi connectivity index (χ1v) is 9.44. The van der Waals surface area contributed by atoms with Crippen LogP contribution in [0.4, 0.5) is 4.39 Å². The summed E-state index contributed by atoms with van der Waals surface area (Å²) >= 11 is 6.00. The van der Waals surface area contributed by atoms with Crippen LogP contribution in [0.1, 0.15) is 49.5 Å². The molecule has 0 spiro atoms. The van der Waals surface area contributed by atoms with Gasteiger partial charge in [-0.3, -0.25) is 4.79 Å². The monoisotopic (exact) mass is 368 g/mol. The Morgan fingerprint density at radius 3 is 2.68 bits per heavy atom. The minimum atomic E-state index is -0.893. The predicted molar refractivity (Wildman–Crippen MR) is 102 cm³/mol. The lowest BCUT2D eigenvalue weighted by atomic mass is 9.90. The summed E-state index contributed by atoms with van der Waals surface area (Å²) in [5, 5.41) is 3.41. The molecule has 0 bridgehead atoms. The van der Waals surface area contributed by atoms with Crippen molar-refractivity contribution in [3.05, 3.63) is 34.3 Å². The molecule has 3 nitrogen and oxygen atoms in total. The molecule has 1 heterocycles. The first-order valence-electron chi connectivity index (χ1n) is 9.06. The Morgan fingerprint density at radius 1 is 1.36 bits per heavy atom. The molecular formula is C20H30ClFN2O. The van der Waals surface area contributed by atoms with Gasteiger partial charge in [0.25, 0.3) is 5.91 Å². The second-order valence-corrected chi connectivity index (χ2v) is 8.84. The number of rotatable bonds is 5. The maximum Gasteiger partial charge on any atom is 0.251 e. The SMILES string of the molecule is Cc1cc(Cl)cc(C(=O)NCC2CCN(CCC(C)(C)C)CC2F)c1. The number of benzene rings is 1. The Labute approximate surface area is 155 Å². The minimum absolute atomic E-state index is 0.116. The van der Waals surface area contributed by atoms with E-state index in [1.165, 1.54) is 0 Å². The lowest BCUT2D eigenvalue weighted by molar-refractivity contribution is 0.0724. The number of amides is 1. The molecule has 2 atom stereocenters. The number of hydrogen-bond acceptors (Lipinski definition) is 2. The molecule has 0 saturated carbocycles. The molecule has 25 heavy (non-hydrogen) atoms. The molecule has 1 N–H and O–H groups in total. The van der Waals surface area contributed by atoms with Crippen LogP contribution >= 0.6 is 11.6 Å². The number of aryl methyl sites for hydroxylation is 1. The molecule has 1 saturated heterocycles. The highest BCUT2D eigenvalue weighted by Gasteiger charge is 2.29. The van der Waals surface area contributed by atoms with Crippen molar-refractivity contribution in [2.45, 2.75) is 46.7 Å². The van der Waals surface area contributed by atoms with Crippen molar-refractivity contribution in [1.29, 1.82) is 0 Å². The van der Waals surface area contributed by atoms with Crippen LogP contribution in [0, 0.1) is 18.3 Å². The number of alkyl halides is 1. The molecule has 1 aliphatic rings. The third-order valence-corrected chi connectivity index (χ3v) is 4.99. The van der Waals surface area contributed by atoms with Crippen molar-refractivity contribution in [1.82, 2.24) is 10.2 Å². The van der Waals surface area contributed by atoms with Crippen molar-refractivity contribution in [3.63, 3.8) is 0 Å². The smallest absolute Gasteiger partial charge is 0.251 e. The van der Waals surface area contributed by atoms with Gasteiger partial charge in [0.15, 0.2) is 0 Å². The number of carbonyl (C=O) groups excluding carboxylic acids is 1. The minimum Gasteiger partial charge on any atom is -0.352 e. The highest BCUT2D eigenvalue weighted by atomic mass is 35.5. The standard InChI is InChI=1S/C20H30ClFN2O/c1-14-9-16(11-17(21)10-14)19(25)23-12-15-5-7-24(13-18(15)22)8-6-20(2,3)4/h9-11,15,18H,5-8,12-13H2,1-4H3,(H,23,25). The number of halogens is 2. The molecule has 1 fully saturated rings. The highest BCUT2D eigenvalue weighted by molar-refractivity contribution is 6.31. The molecule has 0 aromatic heterocycles. The summed E-state index contributed by atoms with van der Waals surface area (Å²) in [6, 6.07) is 5.25. The Balaban J connectivity index is 1.81. The fourth-order valence-corrected chi connectivity index (χ4v) is 3.43. The van der Waals surface area contributed by atoms with Crippen molar-refractivity contribution in [2.24, 2.45) is 11.3 Å². The van der Waals surface area contributed by atoms with Crippen molar-refractivity contribution in [3.8, 4) is 0 Å². The van der Waals surface area contributed by atoms with E-state index in [0.717, 1.165) is 31.5 Å². The molecule has 0 aliphatic carbocycles. The topological polar surface area (TPSA) is 32.3 Å². The van der Waals surface area contributed by atoms with E-state index in [9.17, 15) is 9.18 Å². The first-order chi connectivity index (χ1) is 11.6. The quantitative estimate of drug-likeness (QED) is 0.831. The van der Waals surface area contributed by atoms with Crippen LogP contribution in [0.25, 0.3) is 0 Å². The van der Waals surface area contributed by atoms with E-state index in [2.05, 4.69) is 31.0 Å². The van der Waals surface area contributed by atoms with Gasteiger partial charge in [0.2, 0.25) is 0 Å². The fourth-order valence-electron chi connectivity index (χ4n) is 3.14. The molecular weight excluding hydrogens is 339 g/mol. The Bertz CT molecular complexity index is 580. The molecule has 2 rings (SSSR count). The van der Waals surface area contributed by atoms with E-state index in [1.54, 1.807) is 12.1 Å². The van der Waals surface area contributed by atoms with Crippen LogP contribution in [0.15, 0.2) is 18.2 Å². The van der Waals surface area contributed by atoms with Gasteiger partial charge in [-0.1, -0.05) is 32.4 Å². The molecule has 140 valence electrons. The van der Waals surface area contributed by atoms with E-state index in [-0.39, 0.29) is 17.2 Å². The van der Waals surface area contributed by atoms with Gasteiger partial charge in [0.1, 0.15) is 6.17 Å². The molecule has 5 heteroatoms. The van der Waals surface area contributed by atoms with Gasteiger partial charge < -0.3 is 10.2 Å². The number of carbonyl (C=O) groups is 1. The summed E-state index contributed by atoms with van der Waals surface area (Å²) in [4.78, 5) is 14.5. The lowest BCUT2D eigenvalue weighted by Gasteiger charge is -2.36. The lowest BCUT2D eigenvalue weighted by Crippen LogP contribution is -2.46. The largest absolute Gasteiger partial charge is 0.352 e. The van der Waals surface area contributed by atoms with E-state index in [0.29, 0.717) is 23.7 Å². The van der Waals surface area contributed by atoms with Gasteiger partial charge in [-0.2, -0.15) is 0 Å². The first kappa shape index (κ1) is 20.2. The van der Waals surface area contributed by atoms with Crippen molar-refractivity contribution >= 4 is 17.5 Å². The van der Waals surface area contributed by atoms with Gasteiger partial charge in [-0.25, -0.2) is 4.39 Å². The fraction of sp³-hybridized carbons (Fsp3) is 0.650. The number of nitrogens with one attached hydrogen (secondary N) is 1. The van der Waals surface area contributed by atoms with Crippen LogP contribution in [-0.4, -0.2) is 43.2 Å². The maximum atomic E-state index is 14.5. The number of likely N-dealkylation sites (tertiary alicyclic amines) is 1. The van der Waals surface area contributed by atoms with E-state index in [1.807, 2.05) is 13.0 Å². The van der Waals surface area contributed by atoms with Crippen LogP contribution in [0.2, 0.25) is 5.02 Å². The molecule has 0 radical (unpaired) electrons. The summed E-state index contributed by atoms with van der Waals surface area (Å²) in [5.74, 6) is -0.303. The zero-order valence-electron chi connectivity index (χ0n) is 15.7. The van der Waals surface area contributed by atoms with Gasteiger partial charge in [-0.15, -0.1) is 0 Å². The summed E-state index contributed by atoms with van der Waals surface area (Å²) < 4.78 is 14.5. The molecule has 1 aliphatic heterocycles. The van der Waals surface area contributed by atoms with Gasteiger partial charge in [0.05, 0.1) is 0 Å². The summed E-state index contributed by atoms with van der Waals surface area (Å²) in [5.41, 5.74) is 1.74. The van der Waals surface area contributed by atoms with E-state index < -0.39 is 6.17 Å². The maximum absolute atomic E-state index is 14.5. The Morgan fingerprint density at radius 2 is 2.08 bits per heavy atom. The van der Waals surface area contributed by atoms with Gasteiger partial charge in [0, 0.05) is 29.6 Å². The average molecular weight is 369 g/mol. The van der Waals surface area contributed by atoms with Crippen molar-refractivity contribution < 1.29 is 9.18 Å². The molecule has 1 amide bonds. The van der Waals surface area contributed by atoms with Crippen LogP contribution in [-0.2, 0) is 0 Å². The van der Waals surface area contributed by atoms with Crippen LogP contribution in [0.5, 0.6) is 0 Å². The molecule has 2 unspecified atom stereocenters. The predicted octanol–water partition coefficient (Wildman–Crippen LogP) is 4.47. The zero-order valence-corrected chi connectivity index (χ0v) is 16.5. The molecule has 1 aromatic rings. The number of nitrogens with zero attached hydrogens (tertiary/aromatic N) is 1. The molecule has 1 aromatic carbocycles.